The molecule has 1 aliphatic rings. The molecule has 18 heavy (non-hydrogen) atoms. The average Bonchev–Trinajstić information content (AvgIpc) is 2.37. The topological polar surface area (TPSA) is 98.7 Å². The molecule has 2 atom stereocenters. The Morgan fingerprint density at radius 1 is 1.44 bits per heavy atom. The van der Waals surface area contributed by atoms with E-state index in [9.17, 15) is 14.4 Å². The molecule has 1 heterocycles. The SMILES string of the molecule is CNC(=O)C(C)NC(=O)N1CCSCC1C(=O)O. The normalized spacial score (nSPS) is 21.0. The van der Waals surface area contributed by atoms with Gasteiger partial charge in [0.2, 0.25) is 5.91 Å². The molecule has 0 aliphatic carbocycles. The minimum Gasteiger partial charge on any atom is -0.480 e. The number of hydrogen-bond acceptors (Lipinski definition) is 4. The molecule has 2 unspecified atom stereocenters. The van der Waals surface area contributed by atoms with E-state index in [4.69, 9.17) is 5.11 Å². The van der Waals surface area contributed by atoms with Crippen molar-refractivity contribution in [2.75, 3.05) is 25.1 Å². The number of nitrogens with zero attached hydrogens (tertiary/aromatic N) is 1. The van der Waals surface area contributed by atoms with Gasteiger partial charge < -0.3 is 20.6 Å². The molecule has 0 aromatic heterocycles. The number of thioether (sulfide) groups is 1. The molecule has 102 valence electrons. The fourth-order valence-electron chi connectivity index (χ4n) is 1.60. The molecule has 8 heteroatoms. The van der Waals surface area contributed by atoms with Gasteiger partial charge in [-0.25, -0.2) is 9.59 Å². The summed E-state index contributed by atoms with van der Waals surface area (Å²) < 4.78 is 0. The van der Waals surface area contributed by atoms with Crippen molar-refractivity contribution in [3.05, 3.63) is 0 Å². The molecule has 0 saturated carbocycles. The number of carboxylic acids is 1. The molecule has 7 nitrogen and oxygen atoms in total. The summed E-state index contributed by atoms with van der Waals surface area (Å²) in [5.74, 6) is -0.269. The lowest BCUT2D eigenvalue weighted by Gasteiger charge is -2.33. The third-order valence-corrected chi connectivity index (χ3v) is 3.68. The van der Waals surface area contributed by atoms with E-state index in [1.807, 2.05) is 0 Å². The van der Waals surface area contributed by atoms with Crippen LogP contribution in [0.5, 0.6) is 0 Å². The first-order chi connectivity index (χ1) is 8.47. The van der Waals surface area contributed by atoms with Crippen LogP contribution < -0.4 is 10.6 Å². The highest BCUT2D eigenvalue weighted by Crippen LogP contribution is 2.16. The second-order valence-corrected chi connectivity index (χ2v) is 5.06. The lowest BCUT2D eigenvalue weighted by atomic mass is 10.2. The van der Waals surface area contributed by atoms with E-state index in [0.29, 0.717) is 18.1 Å². The molecule has 0 spiro atoms. The van der Waals surface area contributed by atoms with Gasteiger partial charge in [-0.2, -0.15) is 11.8 Å². The number of amides is 3. The van der Waals surface area contributed by atoms with Gasteiger partial charge in [0, 0.05) is 25.1 Å². The van der Waals surface area contributed by atoms with Crippen molar-refractivity contribution < 1.29 is 19.5 Å². The zero-order valence-electron chi connectivity index (χ0n) is 10.3. The Morgan fingerprint density at radius 3 is 2.67 bits per heavy atom. The van der Waals surface area contributed by atoms with Gasteiger partial charge >= 0.3 is 12.0 Å². The van der Waals surface area contributed by atoms with E-state index in [0.717, 1.165) is 0 Å². The first-order valence-corrected chi connectivity index (χ1v) is 6.72. The number of urea groups is 1. The van der Waals surface area contributed by atoms with Crippen LogP contribution in [0.2, 0.25) is 0 Å². The highest BCUT2D eigenvalue weighted by molar-refractivity contribution is 7.99. The van der Waals surface area contributed by atoms with E-state index >= 15 is 0 Å². The molecule has 0 aromatic rings. The number of carbonyl (C=O) groups is 3. The molecule has 3 N–H and O–H groups in total. The van der Waals surface area contributed by atoms with E-state index in [1.54, 1.807) is 6.92 Å². The third-order valence-electron chi connectivity index (χ3n) is 2.65. The standard InChI is InChI=1S/C10H17N3O4S/c1-6(8(14)11-2)12-10(17)13-3-4-18-5-7(13)9(15)16/h6-7H,3-5H2,1-2H3,(H,11,14)(H,12,17)(H,15,16). The van der Waals surface area contributed by atoms with Crippen LogP contribution in [-0.4, -0.2) is 65.1 Å². The lowest BCUT2D eigenvalue weighted by molar-refractivity contribution is -0.141. The van der Waals surface area contributed by atoms with Crippen LogP contribution in [0, 0.1) is 0 Å². The Kier molecular flexibility index (Phi) is 5.26. The lowest BCUT2D eigenvalue weighted by Crippen LogP contribution is -2.56. The Bertz CT molecular complexity index is 350. The quantitative estimate of drug-likeness (QED) is 0.634. The van der Waals surface area contributed by atoms with Crippen LogP contribution in [0.25, 0.3) is 0 Å². The number of aliphatic carboxylic acids is 1. The van der Waals surface area contributed by atoms with Crippen LogP contribution in [0.4, 0.5) is 4.79 Å². The third kappa shape index (κ3) is 3.52. The summed E-state index contributed by atoms with van der Waals surface area (Å²) in [6, 6.07) is -2.04. The van der Waals surface area contributed by atoms with Crippen molar-refractivity contribution in [3.63, 3.8) is 0 Å². The maximum atomic E-state index is 11.9. The summed E-state index contributed by atoms with van der Waals surface area (Å²) in [4.78, 5) is 35.5. The van der Waals surface area contributed by atoms with Gasteiger partial charge in [0.25, 0.3) is 0 Å². The van der Waals surface area contributed by atoms with Gasteiger partial charge in [0.05, 0.1) is 0 Å². The number of carboxylic acid groups (broad SMARTS) is 1. The molecule has 0 bridgehead atoms. The second kappa shape index (κ2) is 6.48. The van der Waals surface area contributed by atoms with E-state index in [1.165, 1.54) is 23.7 Å². The Morgan fingerprint density at radius 2 is 2.11 bits per heavy atom. The zero-order valence-corrected chi connectivity index (χ0v) is 11.1. The molecular formula is C10H17N3O4S. The summed E-state index contributed by atoms with van der Waals surface area (Å²) in [6.07, 6.45) is 0. The fourth-order valence-corrected chi connectivity index (χ4v) is 2.64. The Hall–Kier alpha value is -1.44. The van der Waals surface area contributed by atoms with E-state index in [-0.39, 0.29) is 5.91 Å². The molecular weight excluding hydrogens is 258 g/mol. The predicted octanol–water partition coefficient (Wildman–Crippen LogP) is -0.667. The van der Waals surface area contributed by atoms with Crippen LogP contribution >= 0.6 is 11.8 Å². The summed E-state index contributed by atoms with van der Waals surface area (Å²) >= 11 is 1.50. The monoisotopic (exact) mass is 275 g/mol. The summed E-state index contributed by atoms with van der Waals surface area (Å²) in [6.45, 7) is 1.92. The number of nitrogens with one attached hydrogen (secondary N) is 2. The van der Waals surface area contributed by atoms with Crippen molar-refractivity contribution in [1.82, 2.24) is 15.5 Å². The average molecular weight is 275 g/mol. The summed E-state index contributed by atoms with van der Waals surface area (Å²) in [5.41, 5.74) is 0. The Balaban J connectivity index is 2.63. The first kappa shape index (κ1) is 14.6. The van der Waals surface area contributed by atoms with Crippen LogP contribution in [0.15, 0.2) is 0 Å². The molecule has 0 aromatic carbocycles. The number of carbonyl (C=O) groups excluding carboxylic acids is 2. The summed E-state index contributed by atoms with van der Waals surface area (Å²) in [7, 11) is 1.47. The number of likely N-dealkylation sites (N-methyl/N-ethyl adjacent to an activating group) is 1. The highest BCUT2D eigenvalue weighted by atomic mass is 32.2. The van der Waals surface area contributed by atoms with Gasteiger partial charge in [-0.1, -0.05) is 0 Å². The van der Waals surface area contributed by atoms with Gasteiger partial charge in [-0.05, 0) is 6.92 Å². The smallest absolute Gasteiger partial charge is 0.327 e. The summed E-state index contributed by atoms with van der Waals surface area (Å²) in [5, 5.41) is 13.9. The molecule has 0 radical (unpaired) electrons. The minimum absolute atomic E-state index is 0.318. The fraction of sp³-hybridized carbons (Fsp3) is 0.700. The van der Waals surface area contributed by atoms with Crippen LogP contribution in [0.1, 0.15) is 6.92 Å². The second-order valence-electron chi connectivity index (χ2n) is 3.91. The predicted molar refractivity (Wildman–Crippen MR) is 67.5 cm³/mol. The maximum Gasteiger partial charge on any atom is 0.327 e. The van der Waals surface area contributed by atoms with Crippen molar-refractivity contribution in [2.45, 2.75) is 19.0 Å². The Labute approximate surface area is 109 Å². The van der Waals surface area contributed by atoms with Gasteiger partial charge in [0.15, 0.2) is 0 Å². The number of hydrogen-bond donors (Lipinski definition) is 3. The van der Waals surface area contributed by atoms with Gasteiger partial charge in [-0.15, -0.1) is 0 Å². The van der Waals surface area contributed by atoms with E-state index in [2.05, 4.69) is 10.6 Å². The minimum atomic E-state index is -1.02. The largest absolute Gasteiger partial charge is 0.480 e. The zero-order chi connectivity index (χ0) is 13.7. The highest BCUT2D eigenvalue weighted by Gasteiger charge is 2.33. The first-order valence-electron chi connectivity index (χ1n) is 5.56. The van der Waals surface area contributed by atoms with Gasteiger partial charge in [0.1, 0.15) is 12.1 Å². The maximum absolute atomic E-state index is 11.9. The van der Waals surface area contributed by atoms with Gasteiger partial charge in [-0.3, -0.25) is 4.79 Å². The van der Waals surface area contributed by atoms with Crippen LogP contribution in [0.3, 0.4) is 0 Å². The van der Waals surface area contributed by atoms with E-state index < -0.39 is 24.1 Å². The molecule has 1 fully saturated rings. The van der Waals surface area contributed by atoms with Crippen LogP contribution in [-0.2, 0) is 9.59 Å². The molecule has 3 amide bonds. The van der Waals surface area contributed by atoms with Crippen molar-refractivity contribution in [2.24, 2.45) is 0 Å². The number of rotatable bonds is 3. The molecule has 1 saturated heterocycles. The van der Waals surface area contributed by atoms with Crippen molar-refractivity contribution in [3.8, 4) is 0 Å². The van der Waals surface area contributed by atoms with Crippen molar-refractivity contribution >= 4 is 29.7 Å². The molecule has 1 rings (SSSR count). The molecule has 1 aliphatic heterocycles. The van der Waals surface area contributed by atoms with Crippen molar-refractivity contribution in [1.29, 1.82) is 0 Å².